The van der Waals surface area contributed by atoms with E-state index in [4.69, 9.17) is 20.9 Å². The second kappa shape index (κ2) is 8.80. The van der Waals surface area contributed by atoms with Crippen LogP contribution in [0.1, 0.15) is 15.9 Å². The number of nitrogens with one attached hydrogen (secondary N) is 2. The van der Waals surface area contributed by atoms with Gasteiger partial charge in [-0.15, -0.1) is 0 Å². The maximum atomic E-state index is 13.5. The lowest BCUT2D eigenvalue weighted by molar-refractivity contribution is 0.0951. The zero-order valence-electron chi connectivity index (χ0n) is 13.2. The highest BCUT2D eigenvalue weighted by atomic mass is 35.5. The lowest BCUT2D eigenvalue weighted by atomic mass is 10.1. The molecule has 2 rings (SSSR count). The number of hydrogen-bond acceptors (Lipinski definition) is 3. The smallest absolute Gasteiger partial charge is 0.259 e. The summed E-state index contributed by atoms with van der Waals surface area (Å²) >= 11 is 3.53. The number of amides is 1. The Kier molecular flexibility index (Phi) is 6.74. The van der Waals surface area contributed by atoms with Crippen molar-refractivity contribution in [2.75, 3.05) is 18.4 Å². The molecule has 25 heavy (non-hydrogen) atoms. The van der Waals surface area contributed by atoms with Crippen LogP contribution in [0.4, 0.5) is 10.1 Å². The molecular formula is C16H16ClFN2O4S. The number of benzene rings is 2. The van der Waals surface area contributed by atoms with E-state index in [9.17, 15) is 13.4 Å². The van der Waals surface area contributed by atoms with Gasteiger partial charge in [0, 0.05) is 11.6 Å². The van der Waals surface area contributed by atoms with E-state index in [0.717, 1.165) is 0 Å². The number of ether oxygens (including phenoxy) is 1. The Morgan fingerprint density at radius 2 is 2.08 bits per heavy atom. The van der Waals surface area contributed by atoms with Crippen molar-refractivity contribution in [3.8, 4) is 5.75 Å². The van der Waals surface area contributed by atoms with Gasteiger partial charge in [-0.3, -0.25) is 14.1 Å². The molecule has 1 unspecified atom stereocenters. The molecule has 3 N–H and O–H groups in total. The average molecular weight is 387 g/mol. The zero-order valence-corrected chi connectivity index (χ0v) is 14.8. The molecule has 134 valence electrons. The highest BCUT2D eigenvalue weighted by Gasteiger charge is 2.13. The standard InChI is InChI=1S/C16H16ClFN2O4S/c1-24-15-5-3-11(17)9-12(15)16(21)19-7-6-10-2-4-13(18)14(8-10)20-25(22)23/h2-5,8-9,20H,6-7H2,1H3,(H,19,21)(H,22,23). The SMILES string of the molecule is COc1ccc(Cl)cc1C(=O)NCCc1ccc(F)c(NS(=O)O)c1. The van der Waals surface area contributed by atoms with E-state index in [-0.39, 0.29) is 18.1 Å². The van der Waals surface area contributed by atoms with Gasteiger partial charge in [0.2, 0.25) is 0 Å². The number of rotatable bonds is 7. The minimum Gasteiger partial charge on any atom is -0.496 e. The van der Waals surface area contributed by atoms with Gasteiger partial charge in [0.15, 0.2) is 0 Å². The molecule has 9 heteroatoms. The molecule has 1 amide bonds. The molecule has 2 aromatic rings. The van der Waals surface area contributed by atoms with Gasteiger partial charge in [0.05, 0.1) is 18.4 Å². The van der Waals surface area contributed by atoms with Gasteiger partial charge in [-0.2, -0.15) is 0 Å². The molecule has 0 aliphatic heterocycles. The topological polar surface area (TPSA) is 87.7 Å². The summed E-state index contributed by atoms with van der Waals surface area (Å²) in [5.74, 6) is -0.587. The number of anilines is 1. The predicted molar refractivity (Wildman–Crippen MR) is 94.8 cm³/mol. The van der Waals surface area contributed by atoms with Crippen molar-refractivity contribution in [2.24, 2.45) is 0 Å². The highest BCUT2D eigenvalue weighted by Crippen LogP contribution is 2.22. The highest BCUT2D eigenvalue weighted by molar-refractivity contribution is 7.80. The normalized spacial score (nSPS) is 11.7. The fourth-order valence-electron chi connectivity index (χ4n) is 2.17. The van der Waals surface area contributed by atoms with Crippen LogP contribution in [-0.4, -0.2) is 28.3 Å². The van der Waals surface area contributed by atoms with Crippen molar-refractivity contribution in [1.29, 1.82) is 0 Å². The Morgan fingerprint density at radius 1 is 1.32 bits per heavy atom. The first-order valence-electron chi connectivity index (χ1n) is 7.18. The van der Waals surface area contributed by atoms with E-state index in [1.807, 2.05) is 0 Å². The quantitative estimate of drug-likeness (QED) is 0.638. The second-order valence-corrected chi connectivity index (χ2v) is 6.15. The molecule has 0 heterocycles. The zero-order chi connectivity index (χ0) is 18.4. The Balaban J connectivity index is 2.00. The summed E-state index contributed by atoms with van der Waals surface area (Å²) in [4.78, 5) is 12.2. The van der Waals surface area contributed by atoms with Crippen LogP contribution in [-0.2, 0) is 17.7 Å². The molecule has 0 saturated carbocycles. The molecule has 0 saturated heterocycles. The van der Waals surface area contributed by atoms with Crippen LogP contribution in [0.3, 0.4) is 0 Å². The molecule has 0 aliphatic rings. The van der Waals surface area contributed by atoms with E-state index < -0.39 is 17.1 Å². The van der Waals surface area contributed by atoms with Crippen molar-refractivity contribution in [3.63, 3.8) is 0 Å². The summed E-state index contributed by atoms with van der Waals surface area (Å²) in [6.45, 7) is 0.280. The molecule has 0 bridgehead atoms. The van der Waals surface area contributed by atoms with Crippen molar-refractivity contribution >= 4 is 34.5 Å². The largest absolute Gasteiger partial charge is 0.496 e. The summed E-state index contributed by atoms with van der Waals surface area (Å²) < 4.78 is 40.3. The maximum Gasteiger partial charge on any atom is 0.259 e. The third kappa shape index (κ3) is 5.42. The molecule has 0 fully saturated rings. The fraction of sp³-hybridized carbons (Fsp3) is 0.188. The van der Waals surface area contributed by atoms with E-state index in [0.29, 0.717) is 28.3 Å². The molecule has 2 aromatic carbocycles. The molecule has 0 spiro atoms. The third-order valence-corrected chi connectivity index (χ3v) is 3.96. The molecule has 1 atom stereocenters. The number of methoxy groups -OCH3 is 1. The first-order valence-corrected chi connectivity index (χ1v) is 8.67. The van der Waals surface area contributed by atoms with Crippen LogP contribution in [0.15, 0.2) is 36.4 Å². The van der Waals surface area contributed by atoms with Crippen LogP contribution in [0.5, 0.6) is 5.75 Å². The first kappa shape index (κ1) is 19.2. The predicted octanol–water partition coefficient (Wildman–Crippen LogP) is 3.01. The van der Waals surface area contributed by atoms with Gasteiger partial charge in [0.25, 0.3) is 17.2 Å². The Morgan fingerprint density at radius 3 is 2.76 bits per heavy atom. The lowest BCUT2D eigenvalue weighted by Crippen LogP contribution is -2.26. The molecular weight excluding hydrogens is 371 g/mol. The molecule has 6 nitrogen and oxygen atoms in total. The fourth-order valence-corrected chi connectivity index (χ4v) is 2.69. The molecule has 0 radical (unpaired) electrons. The Hall–Kier alpha value is -2.16. The van der Waals surface area contributed by atoms with Gasteiger partial charge in [0.1, 0.15) is 11.6 Å². The van der Waals surface area contributed by atoms with Gasteiger partial charge in [-0.05, 0) is 42.3 Å². The number of halogens is 2. The van der Waals surface area contributed by atoms with Crippen molar-refractivity contribution < 1.29 is 22.7 Å². The van der Waals surface area contributed by atoms with Crippen molar-refractivity contribution in [2.45, 2.75) is 6.42 Å². The van der Waals surface area contributed by atoms with Crippen LogP contribution >= 0.6 is 11.6 Å². The number of hydrogen-bond donors (Lipinski definition) is 3. The Bertz CT molecular complexity index is 804. The Labute approximate surface area is 151 Å². The van der Waals surface area contributed by atoms with E-state index in [2.05, 4.69) is 10.0 Å². The second-order valence-electron chi connectivity index (χ2n) is 5.02. The van der Waals surface area contributed by atoms with E-state index >= 15 is 0 Å². The van der Waals surface area contributed by atoms with Gasteiger partial charge in [-0.1, -0.05) is 17.7 Å². The van der Waals surface area contributed by atoms with Gasteiger partial charge >= 0.3 is 0 Å². The maximum absolute atomic E-state index is 13.5. The summed E-state index contributed by atoms with van der Waals surface area (Å²) in [5, 5.41) is 3.14. The van der Waals surface area contributed by atoms with Gasteiger partial charge in [-0.25, -0.2) is 8.60 Å². The summed E-state index contributed by atoms with van der Waals surface area (Å²) in [5.41, 5.74) is 0.918. The van der Waals surface area contributed by atoms with E-state index in [1.165, 1.54) is 31.4 Å². The minimum absolute atomic E-state index is 0.0822. The van der Waals surface area contributed by atoms with Crippen molar-refractivity contribution in [1.82, 2.24) is 5.32 Å². The van der Waals surface area contributed by atoms with Crippen LogP contribution in [0.25, 0.3) is 0 Å². The monoisotopic (exact) mass is 386 g/mol. The lowest BCUT2D eigenvalue weighted by Gasteiger charge is -2.10. The van der Waals surface area contributed by atoms with Gasteiger partial charge < -0.3 is 10.1 Å². The van der Waals surface area contributed by atoms with Crippen LogP contribution in [0, 0.1) is 5.82 Å². The third-order valence-electron chi connectivity index (χ3n) is 3.33. The molecule has 0 aromatic heterocycles. The number of carbonyl (C=O) groups is 1. The van der Waals surface area contributed by atoms with Crippen LogP contribution < -0.4 is 14.8 Å². The summed E-state index contributed by atoms with van der Waals surface area (Å²) in [6.07, 6.45) is 0.404. The van der Waals surface area contributed by atoms with Crippen molar-refractivity contribution in [3.05, 3.63) is 58.4 Å². The van der Waals surface area contributed by atoms with Crippen LogP contribution in [0.2, 0.25) is 5.02 Å². The molecule has 0 aliphatic carbocycles. The van der Waals surface area contributed by atoms with E-state index in [1.54, 1.807) is 12.1 Å². The average Bonchev–Trinajstić information content (AvgIpc) is 2.57. The first-order chi connectivity index (χ1) is 11.9. The summed E-state index contributed by atoms with van der Waals surface area (Å²) in [7, 11) is 1.46. The minimum atomic E-state index is -2.37. The summed E-state index contributed by atoms with van der Waals surface area (Å²) in [6, 6.07) is 8.86. The number of carbonyl (C=O) groups excluding carboxylic acids is 1.